The average molecular weight is 389 g/mol. The van der Waals surface area contributed by atoms with Gasteiger partial charge in [0, 0.05) is 28.4 Å². The molecule has 0 radical (unpaired) electrons. The van der Waals surface area contributed by atoms with Crippen LogP contribution in [0.3, 0.4) is 0 Å². The molecular weight excluding hydrogens is 373 g/mol. The van der Waals surface area contributed by atoms with Crippen molar-refractivity contribution >= 4 is 40.3 Å². The molecule has 7 nitrogen and oxygen atoms in total. The van der Waals surface area contributed by atoms with Gasteiger partial charge in [0.15, 0.2) is 0 Å². The number of anilines is 2. The predicted octanol–water partition coefficient (Wildman–Crippen LogP) is 1.42. The molecule has 5 rings (SSSR count). The van der Waals surface area contributed by atoms with E-state index in [4.69, 9.17) is 5.73 Å². The lowest BCUT2D eigenvalue weighted by molar-refractivity contribution is -0.117. The van der Waals surface area contributed by atoms with E-state index in [2.05, 4.69) is 20.3 Å². The first kappa shape index (κ1) is 17.4. The lowest BCUT2D eigenvalue weighted by Gasteiger charge is -2.10. The summed E-state index contributed by atoms with van der Waals surface area (Å²) in [5.74, 6) is -0.603. The van der Waals surface area contributed by atoms with Crippen molar-refractivity contribution in [2.75, 3.05) is 11.1 Å². The number of rotatable bonds is 3. The van der Waals surface area contributed by atoms with Crippen molar-refractivity contribution in [3.8, 4) is 11.3 Å². The third-order valence-corrected chi connectivity index (χ3v) is 5.20. The SMILES string of the molecule is Cc1cc2c(cc1-c1cc3cc(NC(=O)C4CC4F)ncc3c(N)n1)=CC(=O)N=2. The summed E-state index contributed by atoms with van der Waals surface area (Å²) in [5, 5.41) is 5.43. The number of benzene rings is 1. The number of nitrogens with zero attached hydrogens (tertiary/aromatic N) is 3. The van der Waals surface area contributed by atoms with Crippen LogP contribution in [0.1, 0.15) is 12.0 Å². The van der Waals surface area contributed by atoms with Crippen molar-refractivity contribution in [1.82, 2.24) is 9.97 Å². The number of amides is 2. The standard InChI is InChI=1S/C21H16FN5O2/c1-9-2-16-11(6-19(28)25-16)3-12(9)17-4-10-5-18(24-8-14(10)20(23)26-17)27-21(29)13-7-15(13)22/h2-6,8,13,15H,7H2,1H3,(H2,23,26)(H,24,27,29). The minimum atomic E-state index is -1.07. The molecule has 29 heavy (non-hydrogen) atoms. The zero-order valence-electron chi connectivity index (χ0n) is 15.4. The molecule has 1 aliphatic carbocycles. The number of fused-ring (bicyclic) bond motifs is 2. The number of hydrogen-bond acceptors (Lipinski definition) is 5. The molecule has 2 aromatic heterocycles. The second-order valence-corrected chi connectivity index (χ2v) is 7.35. The number of alkyl halides is 1. The molecule has 2 atom stereocenters. The molecule has 2 unspecified atom stereocenters. The van der Waals surface area contributed by atoms with Crippen molar-refractivity contribution < 1.29 is 14.0 Å². The smallest absolute Gasteiger partial charge is 0.270 e. The molecule has 1 saturated carbocycles. The third kappa shape index (κ3) is 3.02. The van der Waals surface area contributed by atoms with Crippen molar-refractivity contribution in [2.45, 2.75) is 19.5 Å². The van der Waals surface area contributed by atoms with Crippen LogP contribution in [0.15, 0.2) is 35.5 Å². The van der Waals surface area contributed by atoms with E-state index in [9.17, 15) is 14.0 Å². The molecule has 0 bridgehead atoms. The molecule has 2 amide bonds. The van der Waals surface area contributed by atoms with Gasteiger partial charge >= 0.3 is 0 Å². The number of aryl methyl sites for hydroxylation is 1. The molecular formula is C21H16FN5O2. The third-order valence-electron chi connectivity index (χ3n) is 5.20. The maximum absolute atomic E-state index is 13.1. The topological polar surface area (TPSA) is 110 Å². The second-order valence-electron chi connectivity index (χ2n) is 7.35. The number of carbonyl (C=O) groups excluding carboxylic acids is 2. The highest BCUT2D eigenvalue weighted by molar-refractivity contribution is 6.06. The van der Waals surface area contributed by atoms with E-state index in [0.717, 1.165) is 21.7 Å². The zero-order chi connectivity index (χ0) is 20.3. The number of carbonyl (C=O) groups is 2. The van der Waals surface area contributed by atoms with Gasteiger partial charge in [0.05, 0.1) is 17.0 Å². The fourth-order valence-electron chi connectivity index (χ4n) is 3.52. The van der Waals surface area contributed by atoms with Gasteiger partial charge in [-0.15, -0.1) is 0 Å². The van der Waals surface area contributed by atoms with Crippen molar-refractivity contribution in [2.24, 2.45) is 10.9 Å². The first-order valence-corrected chi connectivity index (χ1v) is 9.16. The minimum Gasteiger partial charge on any atom is -0.383 e. The van der Waals surface area contributed by atoms with Crippen LogP contribution in [0.25, 0.3) is 28.1 Å². The Bertz CT molecular complexity index is 1350. The van der Waals surface area contributed by atoms with Crippen LogP contribution in [-0.2, 0) is 9.59 Å². The number of aromatic nitrogens is 2. The van der Waals surface area contributed by atoms with Crippen LogP contribution < -0.4 is 21.6 Å². The molecule has 2 aliphatic rings. The van der Waals surface area contributed by atoms with Crippen LogP contribution >= 0.6 is 0 Å². The quantitative estimate of drug-likeness (QED) is 0.704. The molecule has 1 fully saturated rings. The van der Waals surface area contributed by atoms with Crippen LogP contribution in [0.5, 0.6) is 0 Å². The number of nitrogens with two attached hydrogens (primary N) is 1. The van der Waals surface area contributed by atoms with Crippen molar-refractivity contribution in [1.29, 1.82) is 0 Å². The molecule has 3 heterocycles. The van der Waals surface area contributed by atoms with E-state index in [1.165, 1.54) is 12.3 Å². The van der Waals surface area contributed by atoms with E-state index < -0.39 is 12.1 Å². The first-order valence-electron chi connectivity index (χ1n) is 9.16. The number of hydrogen-bond donors (Lipinski definition) is 2. The summed E-state index contributed by atoms with van der Waals surface area (Å²) < 4.78 is 13.1. The van der Waals surface area contributed by atoms with Crippen LogP contribution in [0, 0.1) is 12.8 Å². The largest absolute Gasteiger partial charge is 0.383 e. The predicted molar refractivity (Wildman–Crippen MR) is 106 cm³/mol. The number of pyridine rings is 2. The Kier molecular flexibility index (Phi) is 3.70. The van der Waals surface area contributed by atoms with Gasteiger partial charge in [-0.3, -0.25) is 9.59 Å². The van der Waals surface area contributed by atoms with Gasteiger partial charge in [0.25, 0.3) is 5.91 Å². The zero-order valence-corrected chi connectivity index (χ0v) is 15.4. The van der Waals surface area contributed by atoms with E-state index in [1.807, 2.05) is 25.1 Å². The highest BCUT2D eigenvalue weighted by Crippen LogP contribution is 2.35. The number of halogens is 1. The van der Waals surface area contributed by atoms with Crippen molar-refractivity contribution in [3.63, 3.8) is 0 Å². The van der Waals surface area contributed by atoms with E-state index in [1.54, 1.807) is 6.07 Å². The summed E-state index contributed by atoms with van der Waals surface area (Å²) in [6.45, 7) is 1.91. The summed E-state index contributed by atoms with van der Waals surface area (Å²) >= 11 is 0. The number of nitrogen functional groups attached to an aromatic ring is 1. The van der Waals surface area contributed by atoms with Gasteiger partial charge in [0.1, 0.15) is 17.8 Å². The van der Waals surface area contributed by atoms with Gasteiger partial charge in [-0.2, -0.15) is 0 Å². The molecule has 3 aromatic rings. The Morgan fingerprint density at radius 1 is 1.28 bits per heavy atom. The monoisotopic (exact) mass is 389 g/mol. The van der Waals surface area contributed by atoms with Gasteiger partial charge in [-0.1, -0.05) is 0 Å². The Balaban J connectivity index is 1.58. The van der Waals surface area contributed by atoms with Crippen LogP contribution in [0.4, 0.5) is 16.0 Å². The highest BCUT2D eigenvalue weighted by atomic mass is 19.1. The lowest BCUT2D eigenvalue weighted by Crippen LogP contribution is -2.22. The highest BCUT2D eigenvalue weighted by Gasteiger charge is 2.43. The van der Waals surface area contributed by atoms with Crippen molar-refractivity contribution in [3.05, 3.63) is 46.6 Å². The first-order chi connectivity index (χ1) is 13.9. The molecule has 3 N–H and O–H groups in total. The maximum Gasteiger partial charge on any atom is 0.270 e. The summed E-state index contributed by atoms with van der Waals surface area (Å²) in [7, 11) is 0. The summed E-state index contributed by atoms with van der Waals surface area (Å²) in [6, 6.07) is 7.25. The fourth-order valence-corrected chi connectivity index (χ4v) is 3.52. The molecule has 144 valence electrons. The Morgan fingerprint density at radius 2 is 2.07 bits per heavy atom. The maximum atomic E-state index is 13.1. The summed E-state index contributed by atoms with van der Waals surface area (Å²) in [5.41, 5.74) is 8.52. The Hall–Kier alpha value is -3.68. The van der Waals surface area contributed by atoms with E-state index >= 15 is 0 Å². The molecule has 1 aromatic carbocycles. The second kappa shape index (κ2) is 6.16. The minimum absolute atomic E-state index is 0.254. The molecule has 8 heteroatoms. The molecule has 0 spiro atoms. The average Bonchev–Trinajstić information content (AvgIpc) is 3.29. The van der Waals surface area contributed by atoms with Gasteiger partial charge in [-0.05, 0) is 48.6 Å². The van der Waals surface area contributed by atoms with Gasteiger partial charge in [0.2, 0.25) is 5.91 Å². The number of nitrogens with one attached hydrogen (secondary N) is 1. The fraction of sp³-hybridized carbons (Fsp3) is 0.190. The Labute approximate surface area is 164 Å². The van der Waals surface area contributed by atoms with Gasteiger partial charge in [-0.25, -0.2) is 19.4 Å². The molecule has 1 aliphatic heterocycles. The van der Waals surface area contributed by atoms with Gasteiger partial charge < -0.3 is 11.1 Å². The summed E-state index contributed by atoms with van der Waals surface area (Å²) in [6.07, 6.45) is 2.21. The Morgan fingerprint density at radius 3 is 2.83 bits per heavy atom. The van der Waals surface area contributed by atoms with Crippen LogP contribution in [-0.4, -0.2) is 28.0 Å². The van der Waals surface area contributed by atoms with E-state index in [-0.39, 0.29) is 18.2 Å². The van der Waals surface area contributed by atoms with E-state index in [0.29, 0.717) is 28.1 Å². The van der Waals surface area contributed by atoms with Crippen LogP contribution in [0.2, 0.25) is 0 Å². The lowest BCUT2D eigenvalue weighted by atomic mass is 10.0. The summed E-state index contributed by atoms with van der Waals surface area (Å²) in [4.78, 5) is 36.2. The normalized spacial score (nSPS) is 19.4. The molecule has 0 saturated heterocycles.